The number of hydrogen-bond acceptors (Lipinski definition) is 4. The van der Waals surface area contributed by atoms with Gasteiger partial charge in [-0.2, -0.15) is 0 Å². The molecule has 16 heavy (non-hydrogen) atoms. The number of esters is 1. The molecule has 0 aliphatic rings. The van der Waals surface area contributed by atoms with Gasteiger partial charge in [-0.05, 0) is 19.8 Å². The fourth-order valence-corrected chi connectivity index (χ4v) is 1.21. The molecular formula is C12H23NO3. The highest BCUT2D eigenvalue weighted by atomic mass is 16.5. The van der Waals surface area contributed by atoms with Crippen LogP contribution < -0.4 is 5.32 Å². The number of ether oxygens (including phenoxy) is 2. The molecule has 94 valence electrons. The molecule has 0 aliphatic carbocycles. The van der Waals surface area contributed by atoms with Crippen LogP contribution in [-0.4, -0.2) is 38.4 Å². The molecule has 1 atom stereocenters. The first-order chi connectivity index (χ1) is 7.76. The van der Waals surface area contributed by atoms with Gasteiger partial charge in [0.2, 0.25) is 0 Å². The van der Waals surface area contributed by atoms with Crippen molar-refractivity contribution in [1.82, 2.24) is 5.32 Å². The Morgan fingerprint density at radius 3 is 2.75 bits per heavy atom. The summed E-state index contributed by atoms with van der Waals surface area (Å²) < 4.78 is 10.3. The molecule has 0 aromatic rings. The fourth-order valence-electron chi connectivity index (χ4n) is 1.21. The molecule has 4 heteroatoms. The van der Waals surface area contributed by atoms with Crippen molar-refractivity contribution >= 4 is 5.97 Å². The van der Waals surface area contributed by atoms with E-state index in [0.29, 0.717) is 26.4 Å². The molecular weight excluding hydrogens is 206 g/mol. The zero-order valence-electron chi connectivity index (χ0n) is 10.3. The van der Waals surface area contributed by atoms with Crippen molar-refractivity contribution in [2.45, 2.75) is 32.7 Å². The van der Waals surface area contributed by atoms with E-state index < -0.39 is 0 Å². The van der Waals surface area contributed by atoms with Crippen molar-refractivity contribution in [3.05, 3.63) is 12.7 Å². The van der Waals surface area contributed by atoms with Gasteiger partial charge in [0.25, 0.3) is 0 Å². The number of carbonyl (C=O) groups is 1. The fraction of sp³-hybridized carbons (Fsp3) is 0.750. The topological polar surface area (TPSA) is 47.6 Å². The number of hydrogen-bond donors (Lipinski definition) is 1. The zero-order chi connectivity index (χ0) is 12.2. The van der Waals surface area contributed by atoms with Crippen molar-refractivity contribution in [1.29, 1.82) is 0 Å². The summed E-state index contributed by atoms with van der Waals surface area (Å²) in [7, 11) is 0. The highest BCUT2D eigenvalue weighted by Crippen LogP contribution is 1.94. The van der Waals surface area contributed by atoms with Gasteiger partial charge in [0.05, 0.1) is 19.8 Å². The Hall–Kier alpha value is -0.870. The van der Waals surface area contributed by atoms with Crippen LogP contribution in [0, 0.1) is 0 Å². The molecule has 1 N–H and O–H groups in total. The lowest BCUT2D eigenvalue weighted by molar-refractivity contribution is -0.145. The largest absolute Gasteiger partial charge is 0.465 e. The molecule has 0 aromatic heterocycles. The van der Waals surface area contributed by atoms with Crippen LogP contribution in [0.3, 0.4) is 0 Å². The molecule has 0 bridgehead atoms. The highest BCUT2D eigenvalue weighted by Gasteiger charge is 2.15. The van der Waals surface area contributed by atoms with Gasteiger partial charge in [0.15, 0.2) is 0 Å². The summed E-state index contributed by atoms with van der Waals surface area (Å²) >= 11 is 0. The Bertz CT molecular complexity index is 195. The number of rotatable bonds is 10. The second kappa shape index (κ2) is 10.6. The first-order valence-electron chi connectivity index (χ1n) is 5.84. The van der Waals surface area contributed by atoms with Crippen LogP contribution in [0.1, 0.15) is 26.7 Å². The van der Waals surface area contributed by atoms with E-state index in [2.05, 4.69) is 11.9 Å². The average molecular weight is 229 g/mol. The Morgan fingerprint density at radius 1 is 1.44 bits per heavy atom. The normalized spacial score (nSPS) is 12.1. The first-order valence-corrected chi connectivity index (χ1v) is 5.84. The Morgan fingerprint density at radius 2 is 2.19 bits per heavy atom. The van der Waals surface area contributed by atoms with Crippen LogP contribution in [0.2, 0.25) is 0 Å². The van der Waals surface area contributed by atoms with Crippen molar-refractivity contribution in [2.75, 3.05) is 26.4 Å². The number of carbonyl (C=O) groups excluding carboxylic acids is 1. The molecule has 0 rings (SSSR count). The minimum absolute atomic E-state index is 0.184. The maximum absolute atomic E-state index is 11.4. The van der Waals surface area contributed by atoms with Crippen LogP contribution in [0.25, 0.3) is 0 Å². The van der Waals surface area contributed by atoms with E-state index in [9.17, 15) is 4.79 Å². The van der Waals surface area contributed by atoms with E-state index in [1.54, 1.807) is 0 Å². The maximum atomic E-state index is 11.4. The van der Waals surface area contributed by atoms with Crippen molar-refractivity contribution in [2.24, 2.45) is 0 Å². The average Bonchev–Trinajstić information content (AvgIpc) is 2.28. The molecule has 4 nitrogen and oxygen atoms in total. The van der Waals surface area contributed by atoms with E-state index in [-0.39, 0.29) is 12.0 Å². The second-order valence-corrected chi connectivity index (χ2v) is 3.36. The van der Waals surface area contributed by atoms with Gasteiger partial charge >= 0.3 is 5.97 Å². The quantitative estimate of drug-likeness (QED) is 0.350. The summed E-state index contributed by atoms with van der Waals surface area (Å²) in [4.78, 5) is 11.4. The molecule has 0 aliphatic heterocycles. The lowest BCUT2D eigenvalue weighted by Gasteiger charge is -2.15. The second-order valence-electron chi connectivity index (χ2n) is 3.36. The third-order valence-corrected chi connectivity index (χ3v) is 2.08. The van der Waals surface area contributed by atoms with Crippen LogP contribution in [0.15, 0.2) is 12.7 Å². The van der Waals surface area contributed by atoms with Gasteiger partial charge in [-0.25, -0.2) is 0 Å². The summed E-state index contributed by atoms with van der Waals surface area (Å²) in [5.74, 6) is -0.184. The van der Waals surface area contributed by atoms with Crippen LogP contribution >= 0.6 is 0 Å². The lowest BCUT2D eigenvalue weighted by Crippen LogP contribution is -2.39. The lowest BCUT2D eigenvalue weighted by atomic mass is 10.2. The van der Waals surface area contributed by atoms with E-state index >= 15 is 0 Å². The Kier molecular flexibility index (Phi) is 10.1. The molecule has 0 aromatic carbocycles. The Labute approximate surface area is 98.0 Å². The van der Waals surface area contributed by atoms with E-state index in [1.165, 1.54) is 0 Å². The molecule has 0 spiro atoms. The van der Waals surface area contributed by atoms with Gasteiger partial charge in [-0.3, -0.25) is 4.79 Å². The molecule has 1 unspecified atom stereocenters. The number of nitrogens with one attached hydrogen (secondary N) is 1. The SMILES string of the molecule is C=CCCOCCNC(CC)C(=O)OCC. The minimum atomic E-state index is -0.219. The summed E-state index contributed by atoms with van der Waals surface area (Å²) in [6.45, 7) is 9.73. The van der Waals surface area contributed by atoms with Crippen LogP contribution in [0.4, 0.5) is 0 Å². The zero-order valence-corrected chi connectivity index (χ0v) is 10.3. The van der Waals surface area contributed by atoms with E-state index in [4.69, 9.17) is 9.47 Å². The summed E-state index contributed by atoms with van der Waals surface area (Å²) in [5.41, 5.74) is 0. The Balaban J connectivity index is 3.54. The standard InChI is InChI=1S/C12H23NO3/c1-4-7-9-15-10-8-13-11(5-2)12(14)16-6-3/h4,11,13H,1,5-10H2,2-3H3. The molecule has 0 radical (unpaired) electrons. The van der Waals surface area contributed by atoms with E-state index in [0.717, 1.165) is 12.8 Å². The van der Waals surface area contributed by atoms with Gasteiger partial charge in [-0.1, -0.05) is 13.0 Å². The summed E-state index contributed by atoms with van der Waals surface area (Å²) in [6.07, 6.45) is 3.40. The third kappa shape index (κ3) is 7.43. The smallest absolute Gasteiger partial charge is 0.323 e. The summed E-state index contributed by atoms with van der Waals surface area (Å²) in [5, 5.41) is 3.11. The third-order valence-electron chi connectivity index (χ3n) is 2.08. The predicted octanol–water partition coefficient (Wildman–Crippen LogP) is 1.51. The molecule has 0 heterocycles. The molecule has 0 saturated heterocycles. The maximum Gasteiger partial charge on any atom is 0.323 e. The minimum Gasteiger partial charge on any atom is -0.465 e. The summed E-state index contributed by atoms with van der Waals surface area (Å²) in [6, 6.07) is -0.219. The van der Waals surface area contributed by atoms with Gasteiger partial charge in [0, 0.05) is 6.54 Å². The van der Waals surface area contributed by atoms with Crippen LogP contribution in [-0.2, 0) is 14.3 Å². The molecule has 0 fully saturated rings. The highest BCUT2D eigenvalue weighted by molar-refractivity contribution is 5.75. The van der Waals surface area contributed by atoms with Gasteiger partial charge in [0.1, 0.15) is 6.04 Å². The van der Waals surface area contributed by atoms with Gasteiger partial charge in [-0.15, -0.1) is 6.58 Å². The van der Waals surface area contributed by atoms with Crippen molar-refractivity contribution < 1.29 is 14.3 Å². The van der Waals surface area contributed by atoms with Crippen LogP contribution in [0.5, 0.6) is 0 Å². The molecule has 0 amide bonds. The first kappa shape index (κ1) is 15.1. The van der Waals surface area contributed by atoms with Crippen molar-refractivity contribution in [3.8, 4) is 0 Å². The van der Waals surface area contributed by atoms with E-state index in [1.807, 2.05) is 19.9 Å². The molecule has 0 saturated carbocycles. The van der Waals surface area contributed by atoms with Gasteiger partial charge < -0.3 is 14.8 Å². The van der Waals surface area contributed by atoms with Crippen molar-refractivity contribution in [3.63, 3.8) is 0 Å². The predicted molar refractivity (Wildman–Crippen MR) is 64.3 cm³/mol. The monoisotopic (exact) mass is 229 g/mol.